The fraction of sp³-hybridized carbons (Fsp3) is 0.133. The Bertz CT molecular complexity index is 677. The van der Waals surface area contributed by atoms with Crippen LogP contribution in [0.2, 0.25) is 0 Å². The molecule has 0 aromatic heterocycles. The molecule has 0 amide bonds. The molecule has 0 spiro atoms. The molecule has 0 bridgehead atoms. The Morgan fingerprint density at radius 3 is 2.62 bits per heavy atom. The molecule has 1 N–H and O–H groups in total. The first kappa shape index (κ1) is 16.0. The van der Waals surface area contributed by atoms with E-state index in [0.29, 0.717) is 6.54 Å². The van der Waals surface area contributed by atoms with E-state index in [9.17, 15) is 9.18 Å². The van der Waals surface area contributed by atoms with Crippen LogP contribution < -0.4 is 5.32 Å². The standard InChI is InChI=1S/C15H12Br2FNO2/c1-21-15(20)11-4-2-9(6-13(11)18)8-19-14-5-3-10(16)7-12(14)17/h2-7,19H,8H2,1H3. The molecule has 0 aliphatic heterocycles. The average Bonchev–Trinajstić information content (AvgIpc) is 2.45. The van der Waals surface area contributed by atoms with E-state index in [4.69, 9.17) is 0 Å². The minimum atomic E-state index is -0.678. The number of rotatable bonds is 4. The highest BCUT2D eigenvalue weighted by atomic mass is 79.9. The summed E-state index contributed by atoms with van der Waals surface area (Å²) in [6.07, 6.45) is 0. The Hall–Kier alpha value is -1.40. The van der Waals surface area contributed by atoms with Crippen molar-refractivity contribution in [1.29, 1.82) is 0 Å². The first-order chi connectivity index (χ1) is 10.0. The topological polar surface area (TPSA) is 38.3 Å². The molecule has 2 aromatic carbocycles. The van der Waals surface area contributed by atoms with Crippen molar-refractivity contribution < 1.29 is 13.9 Å². The SMILES string of the molecule is COC(=O)c1ccc(CNc2ccc(Br)cc2Br)cc1F. The summed E-state index contributed by atoms with van der Waals surface area (Å²) in [7, 11) is 1.22. The van der Waals surface area contributed by atoms with Crippen LogP contribution in [0.1, 0.15) is 15.9 Å². The van der Waals surface area contributed by atoms with Crippen molar-refractivity contribution >= 4 is 43.5 Å². The van der Waals surface area contributed by atoms with Crippen molar-refractivity contribution in [3.63, 3.8) is 0 Å². The molecule has 21 heavy (non-hydrogen) atoms. The Balaban J connectivity index is 2.10. The van der Waals surface area contributed by atoms with Crippen molar-refractivity contribution in [3.05, 3.63) is 62.3 Å². The van der Waals surface area contributed by atoms with Crippen LogP contribution in [0.3, 0.4) is 0 Å². The first-order valence-electron chi connectivity index (χ1n) is 6.07. The quantitative estimate of drug-likeness (QED) is 0.731. The van der Waals surface area contributed by atoms with Gasteiger partial charge in [0.1, 0.15) is 5.82 Å². The number of carbonyl (C=O) groups is 1. The molecule has 0 saturated carbocycles. The lowest BCUT2D eigenvalue weighted by atomic mass is 10.1. The van der Waals surface area contributed by atoms with Gasteiger partial charge in [0, 0.05) is 21.2 Å². The van der Waals surface area contributed by atoms with Gasteiger partial charge in [0.05, 0.1) is 12.7 Å². The Labute approximate surface area is 138 Å². The van der Waals surface area contributed by atoms with E-state index < -0.39 is 11.8 Å². The van der Waals surface area contributed by atoms with Gasteiger partial charge in [0.15, 0.2) is 0 Å². The average molecular weight is 417 g/mol. The van der Waals surface area contributed by atoms with E-state index in [1.165, 1.54) is 19.2 Å². The predicted molar refractivity (Wildman–Crippen MR) is 86.9 cm³/mol. The van der Waals surface area contributed by atoms with Gasteiger partial charge in [-0.2, -0.15) is 0 Å². The highest BCUT2D eigenvalue weighted by Crippen LogP contribution is 2.26. The minimum absolute atomic E-state index is 0.0638. The van der Waals surface area contributed by atoms with Crippen LogP contribution in [0.4, 0.5) is 10.1 Å². The number of anilines is 1. The van der Waals surface area contributed by atoms with Gasteiger partial charge in [-0.25, -0.2) is 9.18 Å². The molecule has 0 fully saturated rings. The van der Waals surface area contributed by atoms with Gasteiger partial charge < -0.3 is 10.1 Å². The number of ether oxygens (including phenoxy) is 1. The lowest BCUT2D eigenvalue weighted by Crippen LogP contribution is -2.06. The number of carbonyl (C=O) groups excluding carboxylic acids is 1. The number of hydrogen-bond acceptors (Lipinski definition) is 3. The second kappa shape index (κ2) is 7.04. The highest BCUT2D eigenvalue weighted by molar-refractivity contribution is 9.11. The fourth-order valence-electron chi connectivity index (χ4n) is 1.77. The van der Waals surface area contributed by atoms with E-state index in [1.807, 2.05) is 18.2 Å². The molecule has 3 nitrogen and oxygen atoms in total. The van der Waals surface area contributed by atoms with Gasteiger partial charge in [0.2, 0.25) is 0 Å². The minimum Gasteiger partial charge on any atom is -0.465 e. The van der Waals surface area contributed by atoms with E-state index in [-0.39, 0.29) is 5.56 Å². The summed E-state index contributed by atoms with van der Waals surface area (Å²) in [5.74, 6) is -1.27. The molecule has 110 valence electrons. The third-order valence-electron chi connectivity index (χ3n) is 2.85. The Morgan fingerprint density at radius 2 is 2.00 bits per heavy atom. The van der Waals surface area contributed by atoms with Crippen molar-refractivity contribution in [2.45, 2.75) is 6.54 Å². The summed E-state index contributed by atoms with van der Waals surface area (Å²) >= 11 is 6.83. The summed E-state index contributed by atoms with van der Waals surface area (Å²) in [6, 6.07) is 10.2. The molecule has 2 aromatic rings. The van der Waals surface area contributed by atoms with Crippen LogP contribution in [-0.2, 0) is 11.3 Å². The predicted octanol–water partition coefficient (Wildman–Crippen LogP) is 4.75. The Morgan fingerprint density at radius 1 is 1.24 bits per heavy atom. The van der Waals surface area contributed by atoms with Gasteiger partial charge >= 0.3 is 5.97 Å². The zero-order chi connectivity index (χ0) is 15.4. The van der Waals surface area contributed by atoms with Gasteiger partial charge in [-0.1, -0.05) is 22.0 Å². The summed E-state index contributed by atoms with van der Waals surface area (Å²) in [4.78, 5) is 11.3. The smallest absolute Gasteiger partial charge is 0.340 e. The number of methoxy groups -OCH3 is 1. The zero-order valence-electron chi connectivity index (χ0n) is 11.1. The van der Waals surface area contributed by atoms with E-state index in [2.05, 4.69) is 41.9 Å². The van der Waals surface area contributed by atoms with Crippen LogP contribution in [0.25, 0.3) is 0 Å². The zero-order valence-corrected chi connectivity index (χ0v) is 14.3. The van der Waals surface area contributed by atoms with E-state index in [1.54, 1.807) is 6.07 Å². The molecular formula is C15H12Br2FNO2. The van der Waals surface area contributed by atoms with Crippen LogP contribution >= 0.6 is 31.9 Å². The summed E-state index contributed by atoms with van der Waals surface area (Å²) < 4.78 is 20.2. The molecule has 0 aliphatic carbocycles. The van der Waals surface area contributed by atoms with Crippen molar-refractivity contribution in [2.24, 2.45) is 0 Å². The van der Waals surface area contributed by atoms with Gasteiger partial charge in [-0.05, 0) is 51.8 Å². The molecule has 0 atom stereocenters. The summed E-state index contributed by atoms with van der Waals surface area (Å²) in [5.41, 5.74) is 1.57. The van der Waals surface area contributed by atoms with Crippen molar-refractivity contribution in [3.8, 4) is 0 Å². The number of benzene rings is 2. The number of halogens is 3. The molecule has 0 radical (unpaired) electrons. The van der Waals surface area contributed by atoms with Crippen LogP contribution in [0, 0.1) is 5.82 Å². The van der Waals surface area contributed by atoms with Crippen LogP contribution in [0.15, 0.2) is 45.3 Å². The van der Waals surface area contributed by atoms with Gasteiger partial charge in [0.25, 0.3) is 0 Å². The fourth-order valence-corrected chi connectivity index (χ4v) is 2.96. The largest absolute Gasteiger partial charge is 0.465 e. The first-order valence-corrected chi connectivity index (χ1v) is 7.65. The molecule has 6 heteroatoms. The molecular weight excluding hydrogens is 405 g/mol. The third kappa shape index (κ3) is 4.04. The number of esters is 1. The van der Waals surface area contributed by atoms with Crippen LogP contribution in [0.5, 0.6) is 0 Å². The van der Waals surface area contributed by atoms with Crippen LogP contribution in [-0.4, -0.2) is 13.1 Å². The number of nitrogens with one attached hydrogen (secondary N) is 1. The van der Waals surface area contributed by atoms with E-state index >= 15 is 0 Å². The second-order valence-electron chi connectivity index (χ2n) is 4.28. The Kier molecular flexibility index (Phi) is 5.36. The molecule has 0 saturated heterocycles. The lowest BCUT2D eigenvalue weighted by Gasteiger charge is -2.10. The number of hydrogen-bond donors (Lipinski definition) is 1. The maximum absolute atomic E-state index is 13.8. The second-order valence-corrected chi connectivity index (χ2v) is 6.05. The van der Waals surface area contributed by atoms with Gasteiger partial charge in [-0.15, -0.1) is 0 Å². The highest BCUT2D eigenvalue weighted by Gasteiger charge is 2.12. The lowest BCUT2D eigenvalue weighted by molar-refractivity contribution is 0.0595. The normalized spacial score (nSPS) is 10.3. The monoisotopic (exact) mass is 415 g/mol. The third-order valence-corrected chi connectivity index (χ3v) is 4.00. The molecule has 0 heterocycles. The summed E-state index contributed by atoms with van der Waals surface area (Å²) in [6.45, 7) is 0.443. The van der Waals surface area contributed by atoms with Crippen molar-refractivity contribution in [2.75, 3.05) is 12.4 Å². The van der Waals surface area contributed by atoms with E-state index in [0.717, 1.165) is 20.2 Å². The van der Waals surface area contributed by atoms with Crippen molar-refractivity contribution in [1.82, 2.24) is 0 Å². The van der Waals surface area contributed by atoms with Gasteiger partial charge in [-0.3, -0.25) is 0 Å². The molecule has 0 unspecified atom stereocenters. The summed E-state index contributed by atoms with van der Waals surface area (Å²) in [5, 5.41) is 3.20. The maximum Gasteiger partial charge on any atom is 0.340 e. The molecule has 0 aliphatic rings. The maximum atomic E-state index is 13.8. The molecule has 2 rings (SSSR count).